The molecule has 0 aliphatic carbocycles. The molecule has 138 valence electrons. The molecule has 0 aliphatic rings. The summed E-state index contributed by atoms with van der Waals surface area (Å²) in [6, 6.07) is 25.2. The van der Waals surface area contributed by atoms with Crippen LogP contribution in [-0.2, 0) is 0 Å². The molecule has 4 aromatic rings. The van der Waals surface area contributed by atoms with Crippen LogP contribution in [0, 0.1) is 0 Å². The Morgan fingerprint density at radius 3 is 2.32 bits per heavy atom. The molecule has 1 aromatic heterocycles. The van der Waals surface area contributed by atoms with Crippen molar-refractivity contribution in [2.75, 3.05) is 0 Å². The second kappa shape index (κ2) is 8.06. The normalized spacial score (nSPS) is 11.8. The highest BCUT2D eigenvalue weighted by atomic mass is 35.5. The van der Waals surface area contributed by atoms with Gasteiger partial charge in [-0.15, -0.1) is 10.2 Å². The zero-order chi connectivity index (χ0) is 19.3. The van der Waals surface area contributed by atoms with Crippen molar-refractivity contribution in [3.05, 3.63) is 107 Å². The Labute approximate surface area is 167 Å². The number of nitrogens with one attached hydrogen (secondary N) is 1. The van der Waals surface area contributed by atoms with Crippen LogP contribution in [0.25, 0.3) is 11.5 Å². The minimum atomic E-state index is -0.586. The molecule has 5 nitrogen and oxygen atoms in total. The van der Waals surface area contributed by atoms with E-state index in [0.717, 1.165) is 11.1 Å². The van der Waals surface area contributed by atoms with Gasteiger partial charge in [-0.25, -0.2) is 0 Å². The Balaban J connectivity index is 1.67. The van der Waals surface area contributed by atoms with E-state index < -0.39 is 6.04 Å². The molecule has 4 rings (SSSR count). The highest BCUT2D eigenvalue weighted by molar-refractivity contribution is 6.30. The Hall–Kier alpha value is -3.44. The molecule has 3 aromatic carbocycles. The summed E-state index contributed by atoms with van der Waals surface area (Å²) in [5.41, 5.74) is 2.10. The summed E-state index contributed by atoms with van der Waals surface area (Å²) in [4.78, 5) is 12.8. The maximum absolute atomic E-state index is 12.8. The van der Waals surface area contributed by atoms with Crippen molar-refractivity contribution in [3.63, 3.8) is 0 Å². The van der Waals surface area contributed by atoms with Crippen LogP contribution in [0.1, 0.15) is 27.9 Å². The third-order valence-corrected chi connectivity index (χ3v) is 4.44. The molecular weight excluding hydrogens is 374 g/mol. The number of halogens is 1. The summed E-state index contributed by atoms with van der Waals surface area (Å²) >= 11 is 6.01. The molecule has 0 bridgehead atoms. The lowest BCUT2D eigenvalue weighted by Gasteiger charge is -2.16. The van der Waals surface area contributed by atoms with Crippen LogP contribution < -0.4 is 5.32 Å². The van der Waals surface area contributed by atoms with Crippen molar-refractivity contribution in [1.82, 2.24) is 15.5 Å². The van der Waals surface area contributed by atoms with E-state index in [1.807, 2.05) is 60.7 Å². The van der Waals surface area contributed by atoms with Crippen LogP contribution >= 0.6 is 11.6 Å². The lowest BCUT2D eigenvalue weighted by atomic mass is 10.1. The van der Waals surface area contributed by atoms with Crippen molar-refractivity contribution < 1.29 is 9.21 Å². The number of aromatic nitrogens is 2. The van der Waals surface area contributed by atoms with Crippen molar-refractivity contribution in [3.8, 4) is 11.5 Å². The molecule has 0 spiro atoms. The van der Waals surface area contributed by atoms with Crippen molar-refractivity contribution in [1.29, 1.82) is 0 Å². The molecule has 0 radical (unpaired) electrons. The Kier molecular flexibility index (Phi) is 5.17. The number of carbonyl (C=O) groups excluding carboxylic acids is 1. The van der Waals surface area contributed by atoms with Crippen LogP contribution in [-0.4, -0.2) is 16.1 Å². The van der Waals surface area contributed by atoms with Gasteiger partial charge in [0.05, 0.1) is 0 Å². The number of nitrogens with zero attached hydrogens (tertiary/aromatic N) is 2. The predicted octanol–water partition coefficient (Wildman–Crippen LogP) is 4.91. The third-order valence-electron chi connectivity index (χ3n) is 4.20. The fourth-order valence-electron chi connectivity index (χ4n) is 2.83. The number of carbonyl (C=O) groups is 1. The molecule has 1 amide bonds. The van der Waals surface area contributed by atoms with Gasteiger partial charge in [-0.05, 0) is 35.9 Å². The minimum absolute atomic E-state index is 0.282. The summed E-state index contributed by atoms with van der Waals surface area (Å²) in [6.07, 6.45) is 0. The zero-order valence-electron chi connectivity index (χ0n) is 14.7. The number of amides is 1. The second-order valence-electron chi connectivity index (χ2n) is 6.14. The molecule has 0 fully saturated rings. The van der Waals surface area contributed by atoms with Gasteiger partial charge in [0.25, 0.3) is 5.91 Å². The fraction of sp³-hybridized carbons (Fsp3) is 0.0455. The van der Waals surface area contributed by atoms with E-state index in [4.69, 9.17) is 16.0 Å². The largest absolute Gasteiger partial charge is 0.418 e. The lowest BCUT2D eigenvalue weighted by Crippen LogP contribution is -2.29. The topological polar surface area (TPSA) is 68.0 Å². The first-order chi connectivity index (χ1) is 13.7. The fourth-order valence-corrected chi connectivity index (χ4v) is 3.02. The van der Waals surface area contributed by atoms with Crippen LogP contribution in [0.3, 0.4) is 0 Å². The second-order valence-corrected chi connectivity index (χ2v) is 6.58. The number of hydrogen-bond donors (Lipinski definition) is 1. The molecule has 1 heterocycles. The first-order valence-electron chi connectivity index (χ1n) is 8.71. The van der Waals surface area contributed by atoms with Gasteiger partial charge in [0.15, 0.2) is 0 Å². The maximum Gasteiger partial charge on any atom is 0.252 e. The first-order valence-corrected chi connectivity index (χ1v) is 9.09. The van der Waals surface area contributed by atoms with E-state index in [1.54, 1.807) is 24.3 Å². The van der Waals surface area contributed by atoms with Gasteiger partial charge >= 0.3 is 0 Å². The molecular formula is C22H16ClN3O2. The van der Waals surface area contributed by atoms with Gasteiger partial charge in [0.1, 0.15) is 6.04 Å². The molecule has 1 atom stereocenters. The molecule has 0 aliphatic heterocycles. The Morgan fingerprint density at radius 1 is 0.893 bits per heavy atom. The van der Waals surface area contributed by atoms with Crippen molar-refractivity contribution in [2.45, 2.75) is 6.04 Å². The van der Waals surface area contributed by atoms with Gasteiger partial charge in [-0.2, -0.15) is 0 Å². The number of hydrogen-bond acceptors (Lipinski definition) is 4. The van der Waals surface area contributed by atoms with Gasteiger partial charge in [0.2, 0.25) is 11.8 Å². The van der Waals surface area contributed by atoms with Crippen LogP contribution in [0.15, 0.2) is 89.3 Å². The van der Waals surface area contributed by atoms with Crippen LogP contribution in [0.5, 0.6) is 0 Å². The zero-order valence-corrected chi connectivity index (χ0v) is 15.5. The van der Waals surface area contributed by atoms with E-state index >= 15 is 0 Å². The standard InChI is InChI=1S/C22H16ClN3O2/c23-18-13-7-12-17(14-18)20(27)24-19(15-8-3-1-4-9-15)22-26-25-21(28-22)16-10-5-2-6-11-16/h1-14,19H,(H,24,27)/t19-/m0/s1. The average Bonchev–Trinajstić information content (AvgIpc) is 3.23. The van der Waals surface area contributed by atoms with Crippen LogP contribution in [0.2, 0.25) is 5.02 Å². The Morgan fingerprint density at radius 2 is 1.61 bits per heavy atom. The van der Waals surface area contributed by atoms with E-state index in [-0.39, 0.29) is 5.91 Å². The van der Waals surface area contributed by atoms with E-state index in [2.05, 4.69) is 15.5 Å². The molecule has 0 unspecified atom stereocenters. The summed E-state index contributed by atoms with van der Waals surface area (Å²) in [6.45, 7) is 0. The summed E-state index contributed by atoms with van der Waals surface area (Å²) in [7, 11) is 0. The quantitative estimate of drug-likeness (QED) is 0.526. The maximum atomic E-state index is 12.8. The summed E-state index contributed by atoms with van der Waals surface area (Å²) in [5.74, 6) is 0.421. The van der Waals surface area contributed by atoms with Crippen LogP contribution in [0.4, 0.5) is 0 Å². The molecule has 0 saturated carbocycles. The highest BCUT2D eigenvalue weighted by Gasteiger charge is 2.24. The monoisotopic (exact) mass is 389 g/mol. The molecule has 28 heavy (non-hydrogen) atoms. The van der Waals surface area contributed by atoms with E-state index in [1.165, 1.54) is 0 Å². The number of rotatable bonds is 5. The molecule has 6 heteroatoms. The van der Waals surface area contributed by atoms with Crippen molar-refractivity contribution >= 4 is 17.5 Å². The van der Waals surface area contributed by atoms with Gasteiger partial charge in [-0.3, -0.25) is 4.79 Å². The number of benzene rings is 3. The van der Waals surface area contributed by atoms with Gasteiger partial charge in [-0.1, -0.05) is 66.2 Å². The smallest absolute Gasteiger partial charge is 0.252 e. The summed E-state index contributed by atoms with van der Waals surface area (Å²) < 4.78 is 5.88. The molecule has 1 N–H and O–H groups in total. The van der Waals surface area contributed by atoms with Gasteiger partial charge in [0, 0.05) is 16.1 Å². The lowest BCUT2D eigenvalue weighted by molar-refractivity contribution is 0.0938. The molecule has 0 saturated heterocycles. The minimum Gasteiger partial charge on any atom is -0.418 e. The van der Waals surface area contributed by atoms with E-state index in [9.17, 15) is 4.79 Å². The SMILES string of the molecule is O=C(N[C@@H](c1ccccc1)c1nnc(-c2ccccc2)o1)c1cccc(Cl)c1. The highest BCUT2D eigenvalue weighted by Crippen LogP contribution is 2.25. The predicted molar refractivity (Wildman–Crippen MR) is 107 cm³/mol. The Bertz CT molecular complexity index is 1080. The third kappa shape index (κ3) is 3.94. The first kappa shape index (κ1) is 17.9. The van der Waals surface area contributed by atoms with Gasteiger partial charge < -0.3 is 9.73 Å². The van der Waals surface area contributed by atoms with Crippen molar-refractivity contribution in [2.24, 2.45) is 0 Å². The average molecular weight is 390 g/mol. The summed E-state index contributed by atoms with van der Waals surface area (Å²) in [5, 5.41) is 11.8. The van der Waals surface area contributed by atoms with E-state index in [0.29, 0.717) is 22.4 Å².